The molecule has 148 valence electrons. The van der Waals surface area contributed by atoms with E-state index < -0.39 is 0 Å². The van der Waals surface area contributed by atoms with Gasteiger partial charge in [-0.2, -0.15) is 0 Å². The Morgan fingerprint density at radius 1 is 0.964 bits per heavy atom. The molecule has 1 unspecified atom stereocenters. The largest absolute Gasteiger partial charge is 1.00 e. The Morgan fingerprint density at radius 2 is 1.54 bits per heavy atom. The van der Waals surface area contributed by atoms with Crippen molar-refractivity contribution in [3.05, 3.63) is 42.0 Å². The van der Waals surface area contributed by atoms with E-state index in [0.29, 0.717) is 35.3 Å². The number of carbonyl (C=O) groups is 1. The molecule has 2 aromatic rings. The zero-order valence-corrected chi connectivity index (χ0v) is 18.5. The number of hydrogen-bond acceptors (Lipinski definition) is 5. The fourth-order valence-corrected chi connectivity index (χ4v) is 3.44. The molecule has 0 heterocycles. The van der Waals surface area contributed by atoms with Crippen molar-refractivity contribution in [3.63, 3.8) is 0 Å². The molecule has 0 aliphatic heterocycles. The van der Waals surface area contributed by atoms with Gasteiger partial charge in [0.25, 0.3) is 0 Å². The van der Waals surface area contributed by atoms with Gasteiger partial charge in [0, 0.05) is 12.1 Å². The van der Waals surface area contributed by atoms with Gasteiger partial charge in [-0.15, -0.1) is 0 Å². The van der Waals surface area contributed by atoms with Crippen molar-refractivity contribution < 1.29 is 44.0 Å². The van der Waals surface area contributed by atoms with Crippen molar-refractivity contribution in [1.82, 2.24) is 0 Å². The van der Waals surface area contributed by atoms with E-state index in [1.807, 2.05) is 24.3 Å². The van der Waals surface area contributed by atoms with Crippen molar-refractivity contribution in [2.45, 2.75) is 20.3 Å². The molecule has 0 spiro atoms. The molecule has 7 heteroatoms. The van der Waals surface area contributed by atoms with Crippen LogP contribution in [0.4, 0.5) is 0 Å². The summed E-state index contributed by atoms with van der Waals surface area (Å²) in [5.74, 6) is 2.88. The van der Waals surface area contributed by atoms with E-state index >= 15 is 0 Å². The van der Waals surface area contributed by atoms with Crippen molar-refractivity contribution >= 4 is 19.4 Å². The predicted octanol–water partition coefficient (Wildman–Crippen LogP) is 1.40. The number of ether oxygens (including phenoxy) is 4. The van der Waals surface area contributed by atoms with Crippen LogP contribution < -0.4 is 43.1 Å². The molecule has 0 radical (unpaired) electrons. The Bertz CT molecular complexity index is 743. The van der Waals surface area contributed by atoms with Gasteiger partial charge in [-0.05, 0) is 38.4 Å². The Balaban J connectivity index is 0.00000392. The molecule has 28 heavy (non-hydrogen) atoms. The standard InChI is InChI=1S/C21H27O5P.Li.H/c1-14(2)10-11-26-15-6-8-17(9-7-15)27-21(22)20-18(24-4)12-16(23-3)13-19(20)25-5;;/h6-9,12-14,27H,10-11H2,1-5H3;;/q;+1;-1. The minimum Gasteiger partial charge on any atom is -1.00 e. The zero-order valence-electron chi connectivity index (χ0n) is 18.5. The van der Waals surface area contributed by atoms with Crippen LogP contribution in [0.5, 0.6) is 23.0 Å². The Morgan fingerprint density at radius 3 is 2.00 bits per heavy atom. The summed E-state index contributed by atoms with van der Waals surface area (Å²) in [6.45, 7) is 5.03. The maximum absolute atomic E-state index is 12.9. The predicted molar refractivity (Wildman–Crippen MR) is 111 cm³/mol. The summed E-state index contributed by atoms with van der Waals surface area (Å²) in [6, 6.07) is 11.0. The molecule has 0 fully saturated rings. The molecule has 0 aromatic heterocycles. The second kappa shape index (κ2) is 12.0. The summed E-state index contributed by atoms with van der Waals surface area (Å²) in [4.78, 5) is 12.9. The number of methoxy groups -OCH3 is 3. The Hall–Kier alpha value is -1.66. The molecule has 0 bridgehead atoms. The topological polar surface area (TPSA) is 54.0 Å². The number of carbonyl (C=O) groups excluding carboxylic acids is 1. The molecule has 2 rings (SSSR count). The van der Waals surface area contributed by atoms with E-state index in [4.69, 9.17) is 18.9 Å². The summed E-state index contributed by atoms with van der Waals surface area (Å²) >= 11 is 0. The molecule has 0 saturated heterocycles. The number of benzene rings is 2. The molecular weight excluding hydrogens is 370 g/mol. The van der Waals surface area contributed by atoms with Crippen LogP contribution >= 0.6 is 8.58 Å². The van der Waals surface area contributed by atoms with Crippen molar-refractivity contribution in [2.75, 3.05) is 27.9 Å². The summed E-state index contributed by atoms with van der Waals surface area (Å²) in [6.07, 6.45) is 1.01. The van der Waals surface area contributed by atoms with Crippen molar-refractivity contribution in [1.29, 1.82) is 0 Å². The minimum atomic E-state index is -0.0557. The van der Waals surface area contributed by atoms with Crippen LogP contribution in [-0.2, 0) is 0 Å². The average Bonchev–Trinajstić information content (AvgIpc) is 2.67. The molecule has 2 aromatic carbocycles. The maximum atomic E-state index is 12.9. The first-order valence-electron chi connectivity index (χ1n) is 8.82. The molecule has 0 saturated carbocycles. The second-order valence-corrected chi connectivity index (χ2v) is 7.70. The molecule has 1 atom stereocenters. The third-order valence-corrected chi connectivity index (χ3v) is 5.12. The minimum absolute atomic E-state index is 0. The molecule has 0 aliphatic carbocycles. The Kier molecular flexibility index (Phi) is 10.5. The van der Waals surface area contributed by atoms with Gasteiger partial charge in [0.2, 0.25) is 0 Å². The van der Waals surface area contributed by atoms with Crippen LogP contribution in [0.15, 0.2) is 36.4 Å². The van der Waals surface area contributed by atoms with Crippen LogP contribution in [-0.4, -0.2) is 33.5 Å². The quantitative estimate of drug-likeness (QED) is 0.447. The molecule has 0 aliphatic rings. The van der Waals surface area contributed by atoms with Gasteiger partial charge in [0.1, 0.15) is 28.6 Å². The normalized spacial score (nSPS) is 10.6. The van der Waals surface area contributed by atoms with Gasteiger partial charge < -0.3 is 20.4 Å². The van der Waals surface area contributed by atoms with E-state index in [-0.39, 0.29) is 34.4 Å². The summed E-state index contributed by atoms with van der Waals surface area (Å²) in [5, 5.41) is 0.927. The zero-order chi connectivity index (χ0) is 19.8. The third kappa shape index (κ3) is 6.74. The van der Waals surface area contributed by atoms with Gasteiger partial charge in [-0.3, -0.25) is 4.79 Å². The van der Waals surface area contributed by atoms with Crippen molar-refractivity contribution in [2.24, 2.45) is 5.92 Å². The number of rotatable bonds is 10. The van der Waals surface area contributed by atoms with Gasteiger partial charge in [-0.25, -0.2) is 0 Å². The monoisotopic (exact) mass is 398 g/mol. The smallest absolute Gasteiger partial charge is 1.00 e. The average molecular weight is 398 g/mol. The first-order valence-corrected chi connectivity index (χ1v) is 9.82. The first-order chi connectivity index (χ1) is 13.0. The van der Waals surface area contributed by atoms with Gasteiger partial charge in [0.15, 0.2) is 5.52 Å². The van der Waals surface area contributed by atoms with E-state index in [2.05, 4.69) is 13.8 Å². The molecule has 0 N–H and O–H groups in total. The maximum Gasteiger partial charge on any atom is 1.00 e. The summed E-state index contributed by atoms with van der Waals surface area (Å²) < 4.78 is 21.7. The van der Waals surface area contributed by atoms with Crippen LogP contribution in [0, 0.1) is 5.92 Å². The summed E-state index contributed by atoms with van der Waals surface area (Å²) in [5.41, 5.74) is 0.372. The first kappa shape index (κ1) is 24.4. The molecular formula is C21H28LiO5P. The van der Waals surface area contributed by atoms with Gasteiger partial charge in [-0.1, -0.05) is 26.0 Å². The second-order valence-electron chi connectivity index (χ2n) is 6.42. The summed E-state index contributed by atoms with van der Waals surface area (Å²) in [7, 11) is 4.56. The van der Waals surface area contributed by atoms with Crippen LogP contribution in [0.2, 0.25) is 0 Å². The SMILES string of the molecule is COc1cc(OC)c(C(=O)Pc2ccc(OCCC(C)C)cc2)c(OC)c1.[H-].[Li+]. The van der Waals surface area contributed by atoms with E-state index in [9.17, 15) is 4.79 Å². The van der Waals surface area contributed by atoms with Gasteiger partial charge in [0.05, 0.1) is 27.9 Å². The van der Waals surface area contributed by atoms with Crippen LogP contribution in [0.25, 0.3) is 0 Å². The van der Waals surface area contributed by atoms with Gasteiger partial charge >= 0.3 is 18.9 Å². The van der Waals surface area contributed by atoms with E-state index in [1.54, 1.807) is 19.2 Å². The third-order valence-electron chi connectivity index (χ3n) is 4.02. The fraction of sp³-hybridized carbons (Fsp3) is 0.381. The van der Waals surface area contributed by atoms with Crippen molar-refractivity contribution in [3.8, 4) is 23.0 Å². The molecule has 0 amide bonds. The van der Waals surface area contributed by atoms with Crippen LogP contribution in [0.3, 0.4) is 0 Å². The molecule has 5 nitrogen and oxygen atoms in total. The number of hydrogen-bond donors (Lipinski definition) is 0. The fourth-order valence-electron chi connectivity index (χ4n) is 2.47. The van der Waals surface area contributed by atoms with Crippen LogP contribution in [0.1, 0.15) is 32.1 Å². The Labute approximate surface area is 182 Å². The van der Waals surface area contributed by atoms with E-state index in [1.165, 1.54) is 14.2 Å². The van der Waals surface area contributed by atoms with E-state index in [0.717, 1.165) is 17.5 Å².